The summed E-state index contributed by atoms with van der Waals surface area (Å²) in [7, 11) is 2.23. The fourth-order valence-corrected chi connectivity index (χ4v) is 5.78. The number of carbonyl (C=O) groups is 1. The Balaban J connectivity index is 2.08. The number of allylic oxidation sites excluding steroid dienone is 3. The Labute approximate surface area is 238 Å². The summed E-state index contributed by atoms with van der Waals surface area (Å²) < 4.78 is 11.2. The maximum atomic E-state index is 11.9. The molecule has 2 rings (SSSR count). The van der Waals surface area contributed by atoms with Gasteiger partial charge in [-0.1, -0.05) is 70.1 Å². The van der Waals surface area contributed by atoms with Gasteiger partial charge in [0.2, 0.25) is 0 Å². The van der Waals surface area contributed by atoms with E-state index in [9.17, 15) is 20.1 Å². The Morgan fingerprint density at radius 2 is 2.08 bits per heavy atom. The van der Waals surface area contributed by atoms with E-state index in [4.69, 9.17) is 9.26 Å². The molecule has 0 aromatic carbocycles. The van der Waals surface area contributed by atoms with E-state index in [1.165, 1.54) is 6.08 Å². The molecule has 0 saturated heterocycles. The SMILES string of the molecule is CCCC(C)CNCCC(O)(C=CC1OC(=O)C=CC1CC)C(CC(O)C=CC=CC1CCCC(O)C1)OP. The van der Waals surface area contributed by atoms with Crippen LogP contribution in [0.15, 0.2) is 48.6 Å². The first kappa shape index (κ1) is 33.9. The maximum absolute atomic E-state index is 11.9. The molecule has 0 amide bonds. The van der Waals surface area contributed by atoms with Gasteiger partial charge in [0.05, 0.1) is 18.3 Å². The lowest BCUT2D eigenvalue weighted by atomic mass is 9.86. The number of ether oxygens (including phenoxy) is 1. The zero-order valence-electron chi connectivity index (χ0n) is 24.1. The van der Waals surface area contributed by atoms with Gasteiger partial charge in [0.15, 0.2) is 0 Å². The first-order valence-corrected chi connectivity index (χ1v) is 15.3. The van der Waals surface area contributed by atoms with E-state index in [1.54, 1.807) is 18.2 Å². The Hall–Kier alpha value is -1.34. The molecule has 2 aliphatic rings. The Bertz CT molecular complexity index is 830. The zero-order chi connectivity index (χ0) is 28.7. The highest BCUT2D eigenvalue weighted by molar-refractivity contribution is 7.09. The molecule has 9 unspecified atom stereocenters. The van der Waals surface area contributed by atoms with Gasteiger partial charge in [-0.15, -0.1) is 0 Å². The van der Waals surface area contributed by atoms with Crippen molar-refractivity contribution in [3.05, 3.63) is 48.6 Å². The number of aliphatic hydroxyl groups excluding tert-OH is 2. The Morgan fingerprint density at radius 3 is 2.77 bits per heavy atom. The molecule has 0 aromatic rings. The van der Waals surface area contributed by atoms with Crippen molar-refractivity contribution in [1.29, 1.82) is 0 Å². The second kappa shape index (κ2) is 18.2. The van der Waals surface area contributed by atoms with Crippen molar-refractivity contribution in [2.24, 2.45) is 17.8 Å². The van der Waals surface area contributed by atoms with Gasteiger partial charge in [-0.25, -0.2) is 4.79 Å². The molecule has 4 N–H and O–H groups in total. The number of rotatable bonds is 17. The predicted octanol–water partition coefficient (Wildman–Crippen LogP) is 4.79. The normalized spacial score (nSPS) is 28.1. The third kappa shape index (κ3) is 12.4. The summed E-state index contributed by atoms with van der Waals surface area (Å²) in [6.07, 6.45) is 19.4. The van der Waals surface area contributed by atoms with Crippen LogP contribution in [0, 0.1) is 17.8 Å². The van der Waals surface area contributed by atoms with Gasteiger partial charge in [-0.2, -0.15) is 0 Å². The first-order chi connectivity index (χ1) is 18.7. The van der Waals surface area contributed by atoms with E-state index >= 15 is 0 Å². The minimum atomic E-state index is -1.39. The number of cyclic esters (lactones) is 1. The number of esters is 1. The molecule has 39 heavy (non-hydrogen) atoms. The lowest BCUT2D eigenvalue weighted by Crippen LogP contribution is -2.45. The summed E-state index contributed by atoms with van der Waals surface area (Å²) in [6.45, 7) is 7.85. The smallest absolute Gasteiger partial charge is 0.331 e. The second-order valence-electron chi connectivity index (χ2n) is 11.3. The highest BCUT2D eigenvalue weighted by Gasteiger charge is 2.36. The van der Waals surface area contributed by atoms with Crippen molar-refractivity contribution in [2.45, 2.75) is 109 Å². The van der Waals surface area contributed by atoms with Crippen LogP contribution in [0.5, 0.6) is 0 Å². The summed E-state index contributed by atoms with van der Waals surface area (Å²) in [4.78, 5) is 11.9. The number of nitrogens with one attached hydrogen (secondary N) is 1. The quantitative estimate of drug-likeness (QED) is 0.0661. The van der Waals surface area contributed by atoms with Crippen LogP contribution < -0.4 is 5.32 Å². The summed E-state index contributed by atoms with van der Waals surface area (Å²) in [5.41, 5.74) is -1.39. The molecule has 0 radical (unpaired) electrons. The summed E-state index contributed by atoms with van der Waals surface area (Å²) in [6, 6.07) is 0. The van der Waals surface area contributed by atoms with Crippen LogP contribution in [0.1, 0.15) is 78.6 Å². The number of hydrogen-bond acceptors (Lipinski definition) is 7. The molecule has 1 aliphatic carbocycles. The van der Waals surface area contributed by atoms with Gasteiger partial charge in [0.1, 0.15) is 11.7 Å². The van der Waals surface area contributed by atoms with Crippen LogP contribution in [-0.2, 0) is 14.1 Å². The number of carbonyl (C=O) groups excluding carboxylic acids is 1. The van der Waals surface area contributed by atoms with Gasteiger partial charge >= 0.3 is 5.97 Å². The third-order valence-corrected chi connectivity index (χ3v) is 8.20. The monoisotopic (exact) mass is 565 g/mol. The van der Waals surface area contributed by atoms with Gasteiger partial charge in [-0.3, -0.25) is 0 Å². The largest absolute Gasteiger partial charge is 0.454 e. The fourth-order valence-electron chi connectivity index (χ4n) is 5.43. The summed E-state index contributed by atoms with van der Waals surface area (Å²) >= 11 is 0. The average Bonchev–Trinajstić information content (AvgIpc) is 2.91. The Kier molecular flexibility index (Phi) is 15.8. The highest BCUT2D eigenvalue weighted by atomic mass is 31.0. The molecule has 222 valence electrons. The van der Waals surface area contributed by atoms with Gasteiger partial charge in [0, 0.05) is 27.9 Å². The second-order valence-corrected chi connectivity index (χ2v) is 11.6. The fraction of sp³-hybridized carbons (Fsp3) is 0.710. The van der Waals surface area contributed by atoms with E-state index < -0.39 is 23.9 Å². The van der Waals surface area contributed by atoms with E-state index in [0.29, 0.717) is 24.8 Å². The van der Waals surface area contributed by atoms with Crippen molar-refractivity contribution in [1.82, 2.24) is 5.32 Å². The third-order valence-electron chi connectivity index (χ3n) is 7.87. The molecule has 1 heterocycles. The molecule has 0 bridgehead atoms. The molecule has 7 nitrogen and oxygen atoms in total. The van der Waals surface area contributed by atoms with Crippen LogP contribution in [0.3, 0.4) is 0 Å². The summed E-state index contributed by atoms with van der Waals surface area (Å²) in [5, 5.41) is 35.9. The molecular weight excluding hydrogens is 513 g/mol. The van der Waals surface area contributed by atoms with Crippen molar-refractivity contribution < 1.29 is 29.4 Å². The highest BCUT2D eigenvalue weighted by Crippen LogP contribution is 2.29. The molecule has 9 atom stereocenters. The molecule has 1 saturated carbocycles. The molecule has 1 aliphatic heterocycles. The van der Waals surface area contributed by atoms with Crippen molar-refractivity contribution in [2.75, 3.05) is 13.1 Å². The van der Waals surface area contributed by atoms with Gasteiger partial charge in [-0.05, 0) is 69.5 Å². The van der Waals surface area contributed by atoms with Crippen molar-refractivity contribution in [3.63, 3.8) is 0 Å². The minimum absolute atomic E-state index is 0.0391. The Morgan fingerprint density at radius 1 is 1.28 bits per heavy atom. The molecule has 0 spiro atoms. The molecule has 0 aromatic heterocycles. The van der Waals surface area contributed by atoms with E-state index in [0.717, 1.165) is 51.5 Å². The summed E-state index contributed by atoms with van der Waals surface area (Å²) in [5.74, 6) is 0.553. The van der Waals surface area contributed by atoms with E-state index in [2.05, 4.69) is 34.7 Å². The van der Waals surface area contributed by atoms with Crippen LogP contribution in [0.25, 0.3) is 0 Å². The maximum Gasteiger partial charge on any atom is 0.331 e. The molecule has 8 heteroatoms. The van der Waals surface area contributed by atoms with Crippen LogP contribution >= 0.6 is 9.47 Å². The lowest BCUT2D eigenvalue weighted by molar-refractivity contribution is -0.143. The van der Waals surface area contributed by atoms with Crippen molar-refractivity contribution in [3.8, 4) is 0 Å². The van der Waals surface area contributed by atoms with Gasteiger partial charge < -0.3 is 29.9 Å². The van der Waals surface area contributed by atoms with E-state index in [-0.39, 0.29) is 24.4 Å². The average molecular weight is 566 g/mol. The topological polar surface area (TPSA) is 108 Å². The van der Waals surface area contributed by atoms with Crippen LogP contribution in [0.4, 0.5) is 0 Å². The molecular formula is C31H52NO6P. The van der Waals surface area contributed by atoms with Gasteiger partial charge in [0.25, 0.3) is 0 Å². The lowest BCUT2D eigenvalue weighted by Gasteiger charge is -2.35. The predicted molar refractivity (Wildman–Crippen MR) is 160 cm³/mol. The number of hydrogen-bond donors (Lipinski definition) is 4. The standard InChI is InChI=1S/C31H52NO6P/c1-4-9-23(3)22-32-19-18-31(36,17-16-28-25(5-2)14-15-30(35)37-28)29(38-39)21-27(34)12-7-6-10-24-11-8-13-26(33)20-24/h6-7,10,12,14-17,23-29,32-34,36H,4-5,8-9,11,13,18-22,39H2,1-3H3. The molecule has 1 fully saturated rings. The zero-order valence-corrected chi connectivity index (χ0v) is 25.2. The van der Waals surface area contributed by atoms with Crippen LogP contribution in [0.2, 0.25) is 0 Å². The van der Waals surface area contributed by atoms with Crippen molar-refractivity contribution >= 4 is 15.4 Å². The first-order valence-electron chi connectivity index (χ1n) is 14.8. The van der Waals surface area contributed by atoms with E-state index in [1.807, 2.05) is 25.2 Å². The number of aliphatic hydroxyl groups is 3. The van der Waals surface area contributed by atoms with Crippen LogP contribution in [-0.4, -0.2) is 64.4 Å². The minimum Gasteiger partial charge on any atom is -0.454 e.